The number of aryl methyl sites for hydroxylation is 1. The van der Waals surface area contributed by atoms with E-state index in [-0.39, 0.29) is 13.3 Å². The highest BCUT2D eigenvalue weighted by Crippen LogP contribution is 2.33. The van der Waals surface area contributed by atoms with Crippen LogP contribution in [0.1, 0.15) is 11.1 Å². The highest BCUT2D eigenvalue weighted by molar-refractivity contribution is 9.09. The van der Waals surface area contributed by atoms with Crippen molar-refractivity contribution in [3.63, 3.8) is 0 Å². The number of fused-ring (bicyclic) bond motifs is 1. The minimum atomic E-state index is -3.56. The zero-order valence-corrected chi connectivity index (χ0v) is 15.6. The lowest BCUT2D eigenvalue weighted by Gasteiger charge is -2.21. The summed E-state index contributed by atoms with van der Waals surface area (Å²) in [6.45, 7) is 2.79. The summed E-state index contributed by atoms with van der Waals surface area (Å²) in [5.41, 5.74) is 1.88. The Labute approximate surface area is 150 Å². The SMILES string of the molecule is Cc1ccc(S(=O)(=O)N(CCBr)Cc2ccc3c(c2)OCO3)cc1. The zero-order valence-electron chi connectivity index (χ0n) is 13.2. The van der Waals surface area contributed by atoms with Gasteiger partial charge < -0.3 is 9.47 Å². The number of nitrogens with zero attached hydrogens (tertiary/aromatic N) is 1. The summed E-state index contributed by atoms with van der Waals surface area (Å²) in [6.07, 6.45) is 0. The fraction of sp³-hybridized carbons (Fsp3) is 0.294. The topological polar surface area (TPSA) is 55.8 Å². The van der Waals surface area contributed by atoms with Gasteiger partial charge in [-0.05, 0) is 36.8 Å². The number of ether oxygens (including phenoxy) is 2. The number of hydrogen-bond donors (Lipinski definition) is 0. The zero-order chi connectivity index (χ0) is 17.2. The Kier molecular flexibility index (Phi) is 5.12. The van der Waals surface area contributed by atoms with Gasteiger partial charge >= 0.3 is 0 Å². The standard InChI is InChI=1S/C17H18BrNO4S/c1-13-2-5-15(6-3-13)24(20,21)19(9-8-18)11-14-4-7-16-17(10-14)23-12-22-16/h2-7,10H,8-9,11-12H2,1H3. The second-order valence-electron chi connectivity index (χ2n) is 5.53. The van der Waals surface area contributed by atoms with Crippen molar-refractivity contribution in [1.29, 1.82) is 0 Å². The van der Waals surface area contributed by atoms with Gasteiger partial charge in [-0.1, -0.05) is 39.7 Å². The van der Waals surface area contributed by atoms with E-state index in [9.17, 15) is 8.42 Å². The summed E-state index contributed by atoms with van der Waals surface area (Å²) in [5.74, 6) is 1.34. The molecule has 1 aliphatic heterocycles. The second-order valence-corrected chi connectivity index (χ2v) is 8.26. The maximum atomic E-state index is 12.9. The van der Waals surface area contributed by atoms with Crippen molar-refractivity contribution in [1.82, 2.24) is 4.31 Å². The van der Waals surface area contributed by atoms with Gasteiger partial charge in [0.1, 0.15) is 0 Å². The average molecular weight is 412 g/mol. The smallest absolute Gasteiger partial charge is 0.243 e. The molecule has 2 aromatic rings. The van der Waals surface area contributed by atoms with Gasteiger partial charge in [-0.2, -0.15) is 4.31 Å². The number of sulfonamides is 1. The molecule has 128 valence electrons. The molecule has 0 atom stereocenters. The molecule has 0 saturated heterocycles. The van der Waals surface area contributed by atoms with Crippen LogP contribution < -0.4 is 9.47 Å². The first-order chi connectivity index (χ1) is 11.5. The predicted octanol–water partition coefficient (Wildman–Crippen LogP) is 3.31. The fourth-order valence-corrected chi connectivity index (χ4v) is 4.57. The highest BCUT2D eigenvalue weighted by atomic mass is 79.9. The van der Waals surface area contributed by atoms with Gasteiger partial charge in [0, 0.05) is 18.4 Å². The molecule has 0 aromatic heterocycles. The Morgan fingerprint density at radius 1 is 1.08 bits per heavy atom. The Bertz CT molecular complexity index is 821. The first-order valence-corrected chi connectivity index (χ1v) is 10.1. The predicted molar refractivity (Wildman–Crippen MR) is 95.1 cm³/mol. The first kappa shape index (κ1) is 17.3. The second kappa shape index (κ2) is 7.13. The first-order valence-electron chi connectivity index (χ1n) is 7.52. The van der Waals surface area contributed by atoms with E-state index in [1.165, 1.54) is 4.31 Å². The van der Waals surface area contributed by atoms with Gasteiger partial charge in [-0.15, -0.1) is 0 Å². The number of benzene rings is 2. The molecule has 0 aliphatic carbocycles. The minimum Gasteiger partial charge on any atom is -0.454 e. The van der Waals surface area contributed by atoms with E-state index in [2.05, 4.69) is 15.9 Å². The summed E-state index contributed by atoms with van der Waals surface area (Å²) >= 11 is 3.34. The van der Waals surface area contributed by atoms with Gasteiger partial charge in [-0.3, -0.25) is 0 Å². The number of hydrogen-bond acceptors (Lipinski definition) is 4. The van der Waals surface area contributed by atoms with E-state index in [1.54, 1.807) is 24.3 Å². The van der Waals surface area contributed by atoms with Crippen LogP contribution in [-0.4, -0.2) is 31.4 Å². The van der Waals surface area contributed by atoms with Crippen LogP contribution in [0.25, 0.3) is 0 Å². The maximum absolute atomic E-state index is 12.9. The Hall–Kier alpha value is -1.57. The van der Waals surface area contributed by atoms with E-state index in [1.807, 2.05) is 25.1 Å². The summed E-state index contributed by atoms with van der Waals surface area (Å²) in [5, 5.41) is 0.558. The van der Waals surface area contributed by atoms with E-state index in [0.717, 1.165) is 11.1 Å². The minimum absolute atomic E-state index is 0.200. The quantitative estimate of drug-likeness (QED) is 0.684. The van der Waals surface area contributed by atoms with Crippen LogP contribution >= 0.6 is 15.9 Å². The van der Waals surface area contributed by atoms with Gasteiger partial charge in [0.05, 0.1) is 4.90 Å². The molecule has 0 fully saturated rings. The van der Waals surface area contributed by atoms with Crippen LogP contribution in [0.4, 0.5) is 0 Å². The molecule has 5 nitrogen and oxygen atoms in total. The molecule has 0 N–H and O–H groups in total. The van der Waals surface area contributed by atoms with E-state index >= 15 is 0 Å². The average Bonchev–Trinajstić information content (AvgIpc) is 3.02. The van der Waals surface area contributed by atoms with Crippen molar-refractivity contribution in [2.24, 2.45) is 0 Å². The van der Waals surface area contributed by atoms with Gasteiger partial charge in [0.25, 0.3) is 0 Å². The normalized spacial score (nSPS) is 13.5. The Morgan fingerprint density at radius 2 is 1.79 bits per heavy atom. The summed E-state index contributed by atoms with van der Waals surface area (Å²) < 4.78 is 38.0. The lowest BCUT2D eigenvalue weighted by atomic mass is 10.2. The van der Waals surface area contributed by atoms with Crippen LogP contribution in [0.15, 0.2) is 47.4 Å². The van der Waals surface area contributed by atoms with Crippen molar-refractivity contribution in [3.05, 3.63) is 53.6 Å². The van der Waals surface area contributed by atoms with Crippen molar-refractivity contribution >= 4 is 26.0 Å². The van der Waals surface area contributed by atoms with Crippen molar-refractivity contribution < 1.29 is 17.9 Å². The van der Waals surface area contributed by atoms with Gasteiger partial charge in [-0.25, -0.2) is 8.42 Å². The summed E-state index contributed by atoms with van der Waals surface area (Å²) in [7, 11) is -3.56. The van der Waals surface area contributed by atoms with Crippen LogP contribution in [0.3, 0.4) is 0 Å². The molecule has 7 heteroatoms. The lowest BCUT2D eigenvalue weighted by Crippen LogP contribution is -2.32. The molecule has 24 heavy (non-hydrogen) atoms. The molecule has 0 amide bonds. The van der Waals surface area contributed by atoms with Crippen molar-refractivity contribution in [3.8, 4) is 11.5 Å². The third-order valence-electron chi connectivity index (χ3n) is 3.79. The number of rotatable bonds is 6. The molecular weight excluding hydrogens is 394 g/mol. The summed E-state index contributed by atoms with van der Waals surface area (Å²) in [6, 6.07) is 12.4. The third-order valence-corrected chi connectivity index (χ3v) is 6.00. The molecule has 3 rings (SSSR count). The molecule has 0 unspecified atom stereocenters. The maximum Gasteiger partial charge on any atom is 0.243 e. The van der Waals surface area contributed by atoms with Crippen LogP contribution in [0, 0.1) is 6.92 Å². The van der Waals surface area contributed by atoms with Gasteiger partial charge in [0.2, 0.25) is 16.8 Å². The van der Waals surface area contributed by atoms with E-state index in [4.69, 9.17) is 9.47 Å². The van der Waals surface area contributed by atoms with Crippen molar-refractivity contribution in [2.45, 2.75) is 18.4 Å². The molecule has 1 heterocycles. The molecule has 0 radical (unpaired) electrons. The number of alkyl halides is 1. The lowest BCUT2D eigenvalue weighted by molar-refractivity contribution is 0.174. The molecule has 0 spiro atoms. The van der Waals surface area contributed by atoms with Crippen LogP contribution in [0.2, 0.25) is 0 Å². The monoisotopic (exact) mass is 411 g/mol. The molecule has 0 bridgehead atoms. The van der Waals surface area contributed by atoms with Crippen LogP contribution in [0.5, 0.6) is 11.5 Å². The van der Waals surface area contributed by atoms with Crippen molar-refractivity contribution in [2.75, 3.05) is 18.7 Å². The Morgan fingerprint density at radius 3 is 2.50 bits per heavy atom. The fourth-order valence-electron chi connectivity index (χ4n) is 2.48. The van der Waals surface area contributed by atoms with E-state index < -0.39 is 10.0 Å². The third kappa shape index (κ3) is 3.58. The summed E-state index contributed by atoms with van der Waals surface area (Å²) in [4.78, 5) is 0.301. The van der Waals surface area contributed by atoms with Gasteiger partial charge in [0.15, 0.2) is 11.5 Å². The molecule has 1 aliphatic rings. The van der Waals surface area contributed by atoms with Crippen LogP contribution in [-0.2, 0) is 16.6 Å². The molecule has 2 aromatic carbocycles. The Balaban J connectivity index is 1.87. The molecular formula is C17H18BrNO4S. The molecule has 0 saturated carbocycles. The largest absolute Gasteiger partial charge is 0.454 e. The van der Waals surface area contributed by atoms with E-state index in [0.29, 0.717) is 28.3 Å². The number of halogens is 1. The highest BCUT2D eigenvalue weighted by Gasteiger charge is 2.25.